The SMILES string of the molecule is CCc1ccccc1NC(=O)CN1CCN(C(=O)c2ccc(-c3ccc(Cl)cc3)o2)CC1. The molecule has 0 atom stereocenters. The number of hydrogen-bond acceptors (Lipinski definition) is 4. The molecule has 1 saturated heterocycles. The summed E-state index contributed by atoms with van der Waals surface area (Å²) in [7, 11) is 0. The van der Waals surface area contributed by atoms with Crippen molar-refractivity contribution < 1.29 is 14.0 Å². The highest BCUT2D eigenvalue weighted by molar-refractivity contribution is 6.30. The quantitative estimate of drug-likeness (QED) is 0.596. The molecule has 1 aromatic heterocycles. The molecule has 32 heavy (non-hydrogen) atoms. The average molecular weight is 452 g/mol. The van der Waals surface area contributed by atoms with Crippen LogP contribution in [0.3, 0.4) is 0 Å². The zero-order valence-corrected chi connectivity index (χ0v) is 18.8. The first-order valence-corrected chi connectivity index (χ1v) is 11.2. The maximum atomic E-state index is 12.9. The zero-order valence-electron chi connectivity index (χ0n) is 18.0. The fraction of sp³-hybridized carbons (Fsp3) is 0.280. The number of furan rings is 1. The van der Waals surface area contributed by atoms with E-state index < -0.39 is 0 Å². The van der Waals surface area contributed by atoms with Gasteiger partial charge in [0.05, 0.1) is 6.54 Å². The van der Waals surface area contributed by atoms with E-state index in [4.69, 9.17) is 16.0 Å². The van der Waals surface area contributed by atoms with Crippen LogP contribution < -0.4 is 5.32 Å². The molecule has 2 amide bonds. The summed E-state index contributed by atoms with van der Waals surface area (Å²) in [5, 5.41) is 3.66. The van der Waals surface area contributed by atoms with Crippen molar-refractivity contribution in [3.8, 4) is 11.3 Å². The van der Waals surface area contributed by atoms with Crippen molar-refractivity contribution in [3.05, 3.63) is 77.0 Å². The number of carbonyl (C=O) groups is 2. The molecule has 4 rings (SSSR count). The smallest absolute Gasteiger partial charge is 0.289 e. The number of aryl methyl sites for hydroxylation is 1. The molecule has 0 aliphatic carbocycles. The molecule has 1 N–H and O–H groups in total. The summed E-state index contributed by atoms with van der Waals surface area (Å²) >= 11 is 5.93. The first-order valence-electron chi connectivity index (χ1n) is 10.8. The monoisotopic (exact) mass is 451 g/mol. The lowest BCUT2D eigenvalue weighted by Gasteiger charge is -2.33. The Bertz CT molecular complexity index is 1090. The largest absolute Gasteiger partial charge is 0.451 e. The second kappa shape index (κ2) is 10.0. The number of rotatable bonds is 6. The number of nitrogens with one attached hydrogen (secondary N) is 1. The molecule has 0 saturated carbocycles. The van der Waals surface area contributed by atoms with Crippen LogP contribution in [0.25, 0.3) is 11.3 Å². The van der Waals surface area contributed by atoms with Crippen molar-refractivity contribution in [1.82, 2.24) is 9.80 Å². The van der Waals surface area contributed by atoms with Crippen molar-refractivity contribution in [2.45, 2.75) is 13.3 Å². The van der Waals surface area contributed by atoms with Gasteiger partial charge in [0.2, 0.25) is 5.91 Å². The first kappa shape index (κ1) is 22.1. The highest BCUT2D eigenvalue weighted by Gasteiger charge is 2.25. The number of nitrogens with zero attached hydrogens (tertiary/aromatic N) is 2. The second-order valence-electron chi connectivity index (χ2n) is 7.80. The van der Waals surface area contributed by atoms with Gasteiger partial charge in [-0.05, 0) is 54.4 Å². The van der Waals surface area contributed by atoms with Crippen molar-refractivity contribution in [3.63, 3.8) is 0 Å². The van der Waals surface area contributed by atoms with Crippen LogP contribution in [0.5, 0.6) is 0 Å². The Kier molecular flexibility index (Phi) is 6.93. The first-order chi connectivity index (χ1) is 15.5. The predicted molar refractivity (Wildman–Crippen MR) is 126 cm³/mol. The third-order valence-electron chi connectivity index (χ3n) is 5.64. The van der Waals surface area contributed by atoms with Crippen LogP contribution >= 0.6 is 11.6 Å². The molecule has 3 aromatic rings. The van der Waals surface area contributed by atoms with Gasteiger partial charge in [-0.1, -0.05) is 36.7 Å². The topological polar surface area (TPSA) is 65.8 Å². The minimum atomic E-state index is -0.133. The van der Waals surface area contributed by atoms with E-state index in [1.54, 1.807) is 29.2 Å². The fourth-order valence-electron chi connectivity index (χ4n) is 3.83. The average Bonchev–Trinajstić information content (AvgIpc) is 3.30. The second-order valence-corrected chi connectivity index (χ2v) is 8.23. The number of anilines is 1. The zero-order chi connectivity index (χ0) is 22.5. The van der Waals surface area contributed by atoms with Crippen LogP contribution in [0.1, 0.15) is 23.0 Å². The summed E-state index contributed by atoms with van der Waals surface area (Å²) in [5.41, 5.74) is 2.85. The van der Waals surface area contributed by atoms with Gasteiger partial charge in [-0.25, -0.2) is 0 Å². The van der Waals surface area contributed by atoms with E-state index in [0.717, 1.165) is 23.2 Å². The number of halogens is 1. The molecule has 166 valence electrons. The van der Waals surface area contributed by atoms with Gasteiger partial charge in [-0.15, -0.1) is 0 Å². The summed E-state index contributed by atoms with van der Waals surface area (Å²) in [5.74, 6) is 0.778. The van der Waals surface area contributed by atoms with Crippen molar-refractivity contribution in [1.29, 1.82) is 0 Å². The number of carbonyl (C=O) groups excluding carboxylic acids is 2. The summed E-state index contributed by atoms with van der Waals surface area (Å²) in [6.45, 7) is 4.75. The van der Waals surface area contributed by atoms with Gasteiger partial charge in [-0.3, -0.25) is 14.5 Å². The fourth-order valence-corrected chi connectivity index (χ4v) is 3.96. The van der Waals surface area contributed by atoms with Crippen LogP contribution in [0.15, 0.2) is 65.1 Å². The molecule has 1 aliphatic rings. The number of benzene rings is 2. The van der Waals surface area contributed by atoms with Gasteiger partial charge < -0.3 is 14.6 Å². The Balaban J connectivity index is 1.29. The van der Waals surface area contributed by atoms with E-state index in [-0.39, 0.29) is 11.8 Å². The molecular formula is C25H26ClN3O3. The number of piperazine rings is 1. The van der Waals surface area contributed by atoms with Gasteiger partial charge in [-0.2, -0.15) is 0 Å². The van der Waals surface area contributed by atoms with Crippen LogP contribution in [-0.4, -0.2) is 54.3 Å². The van der Waals surface area contributed by atoms with Crippen molar-refractivity contribution >= 4 is 29.1 Å². The normalized spacial score (nSPS) is 14.4. The predicted octanol–water partition coefficient (Wildman–Crippen LogP) is 4.56. The maximum Gasteiger partial charge on any atom is 0.289 e. The molecule has 2 heterocycles. The van der Waals surface area contributed by atoms with Gasteiger partial charge >= 0.3 is 0 Å². The van der Waals surface area contributed by atoms with Gasteiger partial charge in [0.1, 0.15) is 5.76 Å². The number of para-hydroxylation sites is 1. The highest BCUT2D eigenvalue weighted by atomic mass is 35.5. The van der Waals surface area contributed by atoms with E-state index in [2.05, 4.69) is 17.1 Å². The molecule has 6 nitrogen and oxygen atoms in total. The van der Waals surface area contributed by atoms with E-state index in [9.17, 15) is 9.59 Å². The Morgan fingerprint density at radius 1 is 0.969 bits per heavy atom. The maximum absolute atomic E-state index is 12.9. The molecule has 0 spiro atoms. The third kappa shape index (κ3) is 5.21. The van der Waals surface area contributed by atoms with E-state index >= 15 is 0 Å². The summed E-state index contributed by atoms with van der Waals surface area (Å²) in [4.78, 5) is 29.2. The standard InChI is InChI=1S/C25H26ClN3O3/c1-2-18-5-3-4-6-21(18)27-24(30)17-28-13-15-29(16-14-28)25(31)23-12-11-22(32-23)19-7-9-20(26)10-8-19/h3-12H,2,13-17H2,1H3,(H,27,30). The molecule has 1 aliphatic heterocycles. The summed E-state index contributed by atoms with van der Waals surface area (Å²) in [6.07, 6.45) is 0.865. The van der Waals surface area contributed by atoms with E-state index in [1.807, 2.05) is 36.4 Å². The van der Waals surface area contributed by atoms with Crippen LogP contribution in [0.4, 0.5) is 5.69 Å². The third-order valence-corrected chi connectivity index (χ3v) is 5.90. The highest BCUT2D eigenvalue weighted by Crippen LogP contribution is 2.24. The lowest BCUT2D eigenvalue weighted by molar-refractivity contribution is -0.117. The van der Waals surface area contributed by atoms with Crippen molar-refractivity contribution in [2.24, 2.45) is 0 Å². The summed E-state index contributed by atoms with van der Waals surface area (Å²) in [6, 6.07) is 18.6. The van der Waals surface area contributed by atoms with Gasteiger partial charge in [0.25, 0.3) is 5.91 Å². The Morgan fingerprint density at radius 2 is 1.69 bits per heavy atom. The molecule has 7 heteroatoms. The molecule has 0 radical (unpaired) electrons. The summed E-state index contributed by atoms with van der Waals surface area (Å²) < 4.78 is 5.79. The Hall–Kier alpha value is -3.09. The molecular weight excluding hydrogens is 426 g/mol. The van der Waals surface area contributed by atoms with E-state index in [1.165, 1.54) is 0 Å². The minimum Gasteiger partial charge on any atom is -0.451 e. The van der Waals surface area contributed by atoms with Crippen molar-refractivity contribution in [2.75, 3.05) is 38.0 Å². The number of amides is 2. The van der Waals surface area contributed by atoms with Crippen LogP contribution in [0.2, 0.25) is 5.02 Å². The van der Waals surface area contributed by atoms with Crippen LogP contribution in [0, 0.1) is 0 Å². The number of hydrogen-bond donors (Lipinski definition) is 1. The van der Waals surface area contributed by atoms with E-state index in [0.29, 0.717) is 49.3 Å². The lowest BCUT2D eigenvalue weighted by atomic mass is 10.1. The molecule has 2 aromatic carbocycles. The molecule has 0 bridgehead atoms. The molecule has 0 unspecified atom stereocenters. The lowest BCUT2D eigenvalue weighted by Crippen LogP contribution is -2.50. The van der Waals surface area contributed by atoms with Crippen LogP contribution in [-0.2, 0) is 11.2 Å². The van der Waals surface area contributed by atoms with Gasteiger partial charge in [0.15, 0.2) is 5.76 Å². The van der Waals surface area contributed by atoms with Gasteiger partial charge in [0, 0.05) is 42.5 Å². The Labute approximate surface area is 192 Å². The molecule has 1 fully saturated rings. The minimum absolute atomic E-state index is 0.0377. The Morgan fingerprint density at radius 3 is 2.41 bits per heavy atom.